The van der Waals surface area contributed by atoms with Gasteiger partial charge in [0.15, 0.2) is 0 Å². The van der Waals surface area contributed by atoms with Crippen LogP contribution in [0.3, 0.4) is 0 Å². The van der Waals surface area contributed by atoms with Crippen molar-refractivity contribution in [3.8, 4) is 11.5 Å². The molecule has 0 radical (unpaired) electrons. The molecule has 144 valence electrons. The smallest absolute Gasteiger partial charge is 0.254 e. The summed E-state index contributed by atoms with van der Waals surface area (Å²) in [5.74, 6) is 1.55. The molecule has 1 aliphatic rings. The average molecular weight is 371 g/mol. The summed E-state index contributed by atoms with van der Waals surface area (Å²) >= 11 is 0. The lowest BCUT2D eigenvalue weighted by Gasteiger charge is -2.33. The summed E-state index contributed by atoms with van der Waals surface area (Å²) in [6.45, 7) is 3.92. The highest BCUT2D eigenvalue weighted by Gasteiger charge is 2.26. The van der Waals surface area contributed by atoms with Crippen molar-refractivity contribution in [3.05, 3.63) is 60.2 Å². The number of piperazine rings is 1. The number of ether oxygens (including phenoxy) is 2. The Bertz CT molecular complexity index is 713. The third-order valence-corrected chi connectivity index (χ3v) is 4.80. The van der Waals surface area contributed by atoms with Crippen LogP contribution in [0.1, 0.15) is 10.4 Å². The van der Waals surface area contributed by atoms with Crippen LogP contribution in [0.5, 0.6) is 11.5 Å². The molecule has 2 aromatic rings. The highest BCUT2D eigenvalue weighted by atomic mass is 16.5. The van der Waals surface area contributed by atoms with Gasteiger partial charge in [0.2, 0.25) is 0 Å². The van der Waals surface area contributed by atoms with Crippen molar-refractivity contribution < 1.29 is 24.3 Å². The molecule has 3 rings (SSSR count). The summed E-state index contributed by atoms with van der Waals surface area (Å²) in [5, 5.41) is 10.2. The van der Waals surface area contributed by atoms with Gasteiger partial charge in [-0.3, -0.25) is 4.79 Å². The Morgan fingerprint density at radius 1 is 1.07 bits per heavy atom. The van der Waals surface area contributed by atoms with E-state index >= 15 is 0 Å². The number of benzene rings is 2. The number of nitrogens with zero attached hydrogens (tertiary/aromatic N) is 1. The van der Waals surface area contributed by atoms with Crippen LogP contribution in [-0.2, 0) is 0 Å². The van der Waals surface area contributed by atoms with Gasteiger partial charge in [-0.05, 0) is 36.4 Å². The van der Waals surface area contributed by atoms with E-state index in [-0.39, 0.29) is 12.5 Å². The van der Waals surface area contributed by atoms with E-state index in [0.717, 1.165) is 24.6 Å². The van der Waals surface area contributed by atoms with E-state index in [2.05, 4.69) is 0 Å². The molecule has 6 heteroatoms. The number of hydrogen-bond donors (Lipinski definition) is 2. The molecule has 2 N–H and O–H groups in total. The molecule has 1 atom stereocenters. The van der Waals surface area contributed by atoms with E-state index in [9.17, 15) is 9.90 Å². The number of para-hydroxylation sites is 1. The number of amides is 1. The van der Waals surface area contributed by atoms with Crippen LogP contribution in [0.25, 0.3) is 0 Å². The van der Waals surface area contributed by atoms with Gasteiger partial charge in [-0.25, -0.2) is 0 Å². The number of carbonyl (C=O) groups is 1. The second-order valence-electron chi connectivity index (χ2n) is 6.75. The van der Waals surface area contributed by atoms with Crippen LogP contribution in [0.4, 0.5) is 0 Å². The molecule has 0 saturated carbocycles. The zero-order valence-electron chi connectivity index (χ0n) is 15.6. The van der Waals surface area contributed by atoms with Crippen molar-refractivity contribution in [1.82, 2.24) is 4.90 Å². The monoisotopic (exact) mass is 371 g/mol. The molecular weight excluding hydrogens is 344 g/mol. The normalized spacial score (nSPS) is 16.0. The highest BCUT2D eigenvalue weighted by Crippen LogP contribution is 2.13. The van der Waals surface area contributed by atoms with Crippen molar-refractivity contribution in [3.63, 3.8) is 0 Å². The Labute approximate surface area is 159 Å². The molecule has 27 heavy (non-hydrogen) atoms. The minimum Gasteiger partial charge on any atom is -0.497 e. The minimum atomic E-state index is -0.524. The van der Waals surface area contributed by atoms with Gasteiger partial charge in [0.1, 0.15) is 30.8 Å². The molecule has 1 heterocycles. The SMILES string of the molecule is COc1ccc(C(=O)N2CC[NH+](C[C@H](O)COc3ccccc3)CC2)cc1. The number of quaternary nitrogens is 1. The Morgan fingerprint density at radius 3 is 2.37 bits per heavy atom. The van der Waals surface area contributed by atoms with Gasteiger partial charge in [0.25, 0.3) is 5.91 Å². The Morgan fingerprint density at radius 2 is 1.74 bits per heavy atom. The van der Waals surface area contributed by atoms with Gasteiger partial charge >= 0.3 is 0 Å². The van der Waals surface area contributed by atoms with E-state index < -0.39 is 6.10 Å². The molecule has 0 unspecified atom stereocenters. The maximum Gasteiger partial charge on any atom is 0.254 e. The fourth-order valence-corrected chi connectivity index (χ4v) is 3.25. The number of carbonyl (C=O) groups excluding carboxylic acids is 1. The summed E-state index contributed by atoms with van der Waals surface area (Å²) in [6, 6.07) is 16.7. The summed E-state index contributed by atoms with van der Waals surface area (Å²) in [4.78, 5) is 15.8. The molecule has 1 saturated heterocycles. The Kier molecular flexibility index (Phi) is 6.68. The molecule has 6 nitrogen and oxygen atoms in total. The average Bonchev–Trinajstić information content (AvgIpc) is 2.73. The molecule has 0 bridgehead atoms. The molecule has 0 aliphatic carbocycles. The standard InChI is InChI=1S/C21H26N2O4/c1-26-19-9-7-17(8-10-19)21(25)23-13-11-22(12-14-23)15-18(24)16-27-20-5-3-2-4-6-20/h2-10,18,24H,11-16H2,1H3/p+1/t18-/m0/s1. The summed E-state index contributed by atoms with van der Waals surface area (Å²) < 4.78 is 10.7. The first-order valence-corrected chi connectivity index (χ1v) is 9.28. The lowest BCUT2D eigenvalue weighted by Crippen LogP contribution is -3.16. The van der Waals surface area contributed by atoms with Crippen molar-refractivity contribution in [2.75, 3.05) is 46.4 Å². The number of aliphatic hydroxyl groups excluding tert-OH is 1. The summed E-state index contributed by atoms with van der Waals surface area (Å²) in [5.41, 5.74) is 0.676. The molecule has 0 aromatic heterocycles. The lowest BCUT2D eigenvalue weighted by atomic mass is 10.1. The van der Waals surface area contributed by atoms with Crippen LogP contribution < -0.4 is 14.4 Å². The Balaban J connectivity index is 1.42. The minimum absolute atomic E-state index is 0.0460. The first-order chi connectivity index (χ1) is 13.2. The number of aliphatic hydroxyl groups is 1. The van der Waals surface area contributed by atoms with Crippen molar-refractivity contribution in [2.24, 2.45) is 0 Å². The predicted octanol–water partition coefficient (Wildman–Crippen LogP) is 0.476. The largest absolute Gasteiger partial charge is 0.497 e. The summed E-state index contributed by atoms with van der Waals surface area (Å²) in [7, 11) is 1.61. The first kappa shape index (κ1) is 19.2. The van der Waals surface area contributed by atoms with Crippen LogP contribution in [0, 0.1) is 0 Å². The second-order valence-corrected chi connectivity index (χ2v) is 6.75. The van der Waals surface area contributed by atoms with Crippen LogP contribution in [-0.4, -0.2) is 68.5 Å². The zero-order chi connectivity index (χ0) is 19.1. The number of hydrogen-bond acceptors (Lipinski definition) is 4. The van der Waals surface area contributed by atoms with Crippen LogP contribution >= 0.6 is 0 Å². The topological polar surface area (TPSA) is 63.4 Å². The van der Waals surface area contributed by atoms with E-state index in [1.807, 2.05) is 35.2 Å². The van der Waals surface area contributed by atoms with Crippen LogP contribution in [0.2, 0.25) is 0 Å². The van der Waals surface area contributed by atoms with E-state index in [1.54, 1.807) is 31.4 Å². The predicted molar refractivity (Wildman–Crippen MR) is 102 cm³/mol. The number of methoxy groups -OCH3 is 1. The van der Waals surface area contributed by atoms with Crippen molar-refractivity contribution in [2.45, 2.75) is 6.10 Å². The second kappa shape index (κ2) is 9.39. The van der Waals surface area contributed by atoms with Gasteiger partial charge < -0.3 is 24.4 Å². The maximum absolute atomic E-state index is 12.6. The molecule has 1 aliphatic heterocycles. The molecule has 2 aromatic carbocycles. The number of nitrogens with one attached hydrogen (secondary N) is 1. The van der Waals surface area contributed by atoms with Gasteiger partial charge in [-0.15, -0.1) is 0 Å². The van der Waals surface area contributed by atoms with Crippen molar-refractivity contribution >= 4 is 5.91 Å². The van der Waals surface area contributed by atoms with Gasteiger partial charge in [0.05, 0.1) is 33.3 Å². The molecular formula is C21H27N2O4+. The van der Waals surface area contributed by atoms with E-state index in [4.69, 9.17) is 9.47 Å². The van der Waals surface area contributed by atoms with Gasteiger partial charge in [-0.1, -0.05) is 18.2 Å². The zero-order valence-corrected chi connectivity index (χ0v) is 15.6. The summed E-state index contributed by atoms with van der Waals surface area (Å²) in [6.07, 6.45) is -0.524. The quantitative estimate of drug-likeness (QED) is 0.743. The molecule has 1 amide bonds. The van der Waals surface area contributed by atoms with E-state index in [0.29, 0.717) is 25.2 Å². The number of rotatable bonds is 7. The van der Waals surface area contributed by atoms with Gasteiger partial charge in [-0.2, -0.15) is 0 Å². The van der Waals surface area contributed by atoms with E-state index in [1.165, 1.54) is 4.90 Å². The molecule has 0 spiro atoms. The van der Waals surface area contributed by atoms with Crippen molar-refractivity contribution in [1.29, 1.82) is 0 Å². The fraction of sp³-hybridized carbons (Fsp3) is 0.381. The maximum atomic E-state index is 12.6. The third kappa shape index (κ3) is 5.45. The van der Waals surface area contributed by atoms with Gasteiger partial charge in [0, 0.05) is 5.56 Å². The van der Waals surface area contributed by atoms with Crippen LogP contribution in [0.15, 0.2) is 54.6 Å². The fourth-order valence-electron chi connectivity index (χ4n) is 3.25. The molecule has 1 fully saturated rings. The Hall–Kier alpha value is -2.57. The third-order valence-electron chi connectivity index (χ3n) is 4.80. The lowest BCUT2D eigenvalue weighted by molar-refractivity contribution is -0.907. The highest BCUT2D eigenvalue weighted by molar-refractivity contribution is 5.94. The first-order valence-electron chi connectivity index (χ1n) is 9.28.